The molecule has 92 valence electrons. The second-order valence-corrected chi connectivity index (χ2v) is 4.09. The minimum atomic E-state index is 0. The number of hydrogen-bond acceptors (Lipinski definition) is 2. The number of rotatable bonds is 6. The van der Waals surface area contributed by atoms with Crippen LogP contribution in [-0.4, -0.2) is 36.0 Å². The molecule has 0 spiro atoms. The maximum Gasteiger partial charge on any atom is 0.185 e. The monoisotopic (exact) mass is 328 g/mol. The van der Waals surface area contributed by atoms with Crippen LogP contribution in [0.4, 0.5) is 0 Å². The smallest absolute Gasteiger partial charge is 0.185 e. The van der Waals surface area contributed by atoms with Crippen LogP contribution in [0.3, 0.4) is 0 Å². The highest BCUT2D eigenvalue weighted by Crippen LogP contribution is 2.05. The average Bonchev–Trinajstić information content (AvgIpc) is 2.01. The molecule has 0 saturated carbocycles. The highest BCUT2D eigenvalue weighted by Gasteiger charge is 2.11. The summed E-state index contributed by atoms with van der Waals surface area (Å²) in [4.78, 5) is 6.39. The van der Waals surface area contributed by atoms with Gasteiger partial charge in [-0.2, -0.15) is 0 Å². The first-order valence-corrected chi connectivity index (χ1v) is 5.26. The molecule has 0 bridgehead atoms. The Bertz CT molecular complexity index is 168. The van der Waals surface area contributed by atoms with Gasteiger partial charge in [0.2, 0.25) is 0 Å². The largest absolute Gasteiger partial charge is 0.370 e. The maximum absolute atomic E-state index is 5.24. The molecule has 0 saturated heterocycles. The van der Waals surface area contributed by atoms with Crippen LogP contribution in [-0.2, 0) is 0 Å². The molecule has 0 aromatic heterocycles. The molecular formula is C10H25IN4. The Hall–Kier alpha value is -0.0400. The standard InChI is InChI=1S/C10H24N4.HI/c1-8(2)14(9(3)4)7-5-6-13-10(11)12;/h8-9H,5-7H2,1-4H3,(H4,11,12,13);1H. The van der Waals surface area contributed by atoms with Crippen molar-refractivity contribution in [2.24, 2.45) is 16.5 Å². The molecular weight excluding hydrogens is 303 g/mol. The molecule has 0 aliphatic heterocycles. The van der Waals surface area contributed by atoms with Gasteiger partial charge in [0.05, 0.1) is 0 Å². The second kappa shape index (κ2) is 9.21. The van der Waals surface area contributed by atoms with Gasteiger partial charge in [0.15, 0.2) is 5.96 Å². The van der Waals surface area contributed by atoms with E-state index in [0.717, 1.165) is 19.5 Å². The maximum atomic E-state index is 5.24. The molecule has 0 aromatic carbocycles. The number of guanidine groups is 1. The lowest BCUT2D eigenvalue weighted by Crippen LogP contribution is -2.38. The number of halogens is 1. The molecule has 0 aliphatic carbocycles. The zero-order valence-electron chi connectivity index (χ0n) is 10.2. The molecule has 0 heterocycles. The molecule has 0 atom stereocenters. The zero-order valence-corrected chi connectivity index (χ0v) is 12.6. The van der Waals surface area contributed by atoms with Crippen molar-refractivity contribution in [2.45, 2.75) is 46.2 Å². The lowest BCUT2D eigenvalue weighted by molar-refractivity contribution is 0.174. The lowest BCUT2D eigenvalue weighted by Gasteiger charge is -2.30. The molecule has 0 fully saturated rings. The number of aliphatic imine (C=N–C) groups is 1. The Morgan fingerprint density at radius 2 is 1.60 bits per heavy atom. The molecule has 15 heavy (non-hydrogen) atoms. The molecule has 5 heteroatoms. The molecule has 4 nitrogen and oxygen atoms in total. The van der Waals surface area contributed by atoms with E-state index in [1.165, 1.54) is 0 Å². The Kier molecular flexibility index (Phi) is 10.7. The van der Waals surface area contributed by atoms with Crippen LogP contribution >= 0.6 is 24.0 Å². The van der Waals surface area contributed by atoms with Crippen LogP contribution in [0.15, 0.2) is 4.99 Å². The zero-order chi connectivity index (χ0) is 11.1. The van der Waals surface area contributed by atoms with Crippen molar-refractivity contribution in [1.29, 1.82) is 0 Å². The van der Waals surface area contributed by atoms with Gasteiger partial charge in [-0.25, -0.2) is 0 Å². The summed E-state index contributed by atoms with van der Waals surface area (Å²) in [6, 6.07) is 1.16. The molecule has 0 radical (unpaired) electrons. The molecule has 4 N–H and O–H groups in total. The number of hydrogen-bond donors (Lipinski definition) is 2. The van der Waals surface area contributed by atoms with Gasteiger partial charge in [0.1, 0.15) is 0 Å². The van der Waals surface area contributed by atoms with Crippen LogP contribution in [0, 0.1) is 0 Å². The van der Waals surface area contributed by atoms with Gasteiger partial charge in [0.25, 0.3) is 0 Å². The van der Waals surface area contributed by atoms with E-state index >= 15 is 0 Å². The van der Waals surface area contributed by atoms with Gasteiger partial charge in [0, 0.05) is 25.2 Å². The van der Waals surface area contributed by atoms with Gasteiger partial charge >= 0.3 is 0 Å². The minimum absolute atomic E-state index is 0. The molecule has 0 rings (SSSR count). The van der Waals surface area contributed by atoms with E-state index in [9.17, 15) is 0 Å². The van der Waals surface area contributed by atoms with E-state index in [2.05, 4.69) is 37.6 Å². The van der Waals surface area contributed by atoms with Crippen molar-refractivity contribution in [3.63, 3.8) is 0 Å². The lowest BCUT2D eigenvalue weighted by atomic mass is 10.2. The topological polar surface area (TPSA) is 67.6 Å². The third-order valence-corrected chi connectivity index (χ3v) is 2.20. The van der Waals surface area contributed by atoms with Crippen LogP contribution in [0.25, 0.3) is 0 Å². The van der Waals surface area contributed by atoms with Gasteiger partial charge in [-0.3, -0.25) is 9.89 Å². The molecule has 0 aliphatic rings. The first-order valence-electron chi connectivity index (χ1n) is 5.26. The third-order valence-electron chi connectivity index (χ3n) is 2.20. The van der Waals surface area contributed by atoms with Crippen molar-refractivity contribution >= 4 is 29.9 Å². The van der Waals surface area contributed by atoms with Crippen molar-refractivity contribution in [2.75, 3.05) is 13.1 Å². The van der Waals surface area contributed by atoms with Gasteiger partial charge < -0.3 is 11.5 Å². The predicted octanol–water partition coefficient (Wildman–Crippen LogP) is 1.39. The Balaban J connectivity index is 0. The Morgan fingerprint density at radius 3 is 1.93 bits per heavy atom. The van der Waals surface area contributed by atoms with E-state index in [0.29, 0.717) is 12.1 Å². The fourth-order valence-corrected chi connectivity index (χ4v) is 1.57. The van der Waals surface area contributed by atoms with Crippen molar-refractivity contribution in [1.82, 2.24) is 4.90 Å². The highest BCUT2D eigenvalue weighted by molar-refractivity contribution is 14.0. The summed E-state index contributed by atoms with van der Waals surface area (Å²) in [6.45, 7) is 10.6. The molecule has 0 aromatic rings. The summed E-state index contributed by atoms with van der Waals surface area (Å²) in [7, 11) is 0. The summed E-state index contributed by atoms with van der Waals surface area (Å²) >= 11 is 0. The fourth-order valence-electron chi connectivity index (χ4n) is 1.57. The summed E-state index contributed by atoms with van der Waals surface area (Å²) in [5, 5.41) is 0. The minimum Gasteiger partial charge on any atom is -0.370 e. The van der Waals surface area contributed by atoms with E-state index in [1.807, 2.05) is 0 Å². The normalized spacial score (nSPS) is 10.6. The first kappa shape index (κ1) is 17.4. The Morgan fingerprint density at radius 1 is 1.13 bits per heavy atom. The predicted molar refractivity (Wildman–Crippen MR) is 77.7 cm³/mol. The van der Waals surface area contributed by atoms with E-state index in [-0.39, 0.29) is 29.9 Å². The first-order chi connectivity index (χ1) is 6.45. The number of nitrogens with zero attached hydrogens (tertiary/aromatic N) is 2. The van der Waals surface area contributed by atoms with Crippen LogP contribution in [0.5, 0.6) is 0 Å². The molecule has 0 unspecified atom stereocenters. The van der Waals surface area contributed by atoms with E-state index in [1.54, 1.807) is 0 Å². The summed E-state index contributed by atoms with van der Waals surface area (Å²) in [5.41, 5.74) is 10.5. The SMILES string of the molecule is CC(C)N(CCCN=C(N)N)C(C)C.I. The van der Waals surface area contributed by atoms with E-state index < -0.39 is 0 Å². The quantitative estimate of drug-likeness (QED) is 0.335. The van der Waals surface area contributed by atoms with Gasteiger partial charge in [-0.15, -0.1) is 24.0 Å². The van der Waals surface area contributed by atoms with Crippen molar-refractivity contribution < 1.29 is 0 Å². The Labute approximate surface area is 111 Å². The second-order valence-electron chi connectivity index (χ2n) is 4.09. The fraction of sp³-hybridized carbons (Fsp3) is 0.900. The summed E-state index contributed by atoms with van der Waals surface area (Å²) < 4.78 is 0. The third kappa shape index (κ3) is 8.92. The van der Waals surface area contributed by atoms with Crippen LogP contribution in [0.1, 0.15) is 34.1 Å². The van der Waals surface area contributed by atoms with Gasteiger partial charge in [-0.1, -0.05) is 0 Å². The van der Waals surface area contributed by atoms with Crippen LogP contribution < -0.4 is 11.5 Å². The highest BCUT2D eigenvalue weighted by atomic mass is 127. The summed E-state index contributed by atoms with van der Waals surface area (Å²) in [5.74, 6) is 0.186. The van der Waals surface area contributed by atoms with Gasteiger partial charge in [-0.05, 0) is 34.1 Å². The van der Waals surface area contributed by atoms with E-state index in [4.69, 9.17) is 11.5 Å². The summed E-state index contributed by atoms with van der Waals surface area (Å²) in [6.07, 6.45) is 1.01. The van der Waals surface area contributed by atoms with Crippen LogP contribution in [0.2, 0.25) is 0 Å². The molecule has 0 amide bonds. The number of nitrogens with two attached hydrogens (primary N) is 2. The van der Waals surface area contributed by atoms with Crippen molar-refractivity contribution in [3.05, 3.63) is 0 Å². The average molecular weight is 328 g/mol. The van der Waals surface area contributed by atoms with Crippen molar-refractivity contribution in [3.8, 4) is 0 Å².